The molecule has 94 valence electrons. The van der Waals surface area contributed by atoms with Crippen LogP contribution in [-0.4, -0.2) is 11.9 Å². The van der Waals surface area contributed by atoms with Crippen LogP contribution in [-0.2, 0) is 11.2 Å². The highest BCUT2D eigenvalue weighted by Crippen LogP contribution is 2.16. The molecule has 0 atom stereocenters. The van der Waals surface area contributed by atoms with Gasteiger partial charge in [-0.05, 0) is 30.9 Å². The second-order valence-electron chi connectivity index (χ2n) is 4.17. The minimum atomic E-state index is 0.110. The lowest BCUT2D eigenvalue weighted by Crippen LogP contribution is -2.33. The van der Waals surface area contributed by atoms with Crippen molar-refractivity contribution in [2.75, 3.05) is 0 Å². The van der Waals surface area contributed by atoms with Crippen LogP contribution in [0.15, 0.2) is 24.3 Å². The lowest BCUT2D eigenvalue weighted by molar-refractivity contribution is -0.121. The molecular weight excluding hydrogens is 234 g/mol. The summed E-state index contributed by atoms with van der Waals surface area (Å²) in [6.07, 6.45) is 3.16. The SMILES string of the molecule is CCC(CC)NC(=O)CCc1ccccc1Cl. The molecule has 0 spiro atoms. The number of hydrogen-bond donors (Lipinski definition) is 1. The molecule has 0 saturated heterocycles. The molecule has 0 fully saturated rings. The highest BCUT2D eigenvalue weighted by molar-refractivity contribution is 6.31. The van der Waals surface area contributed by atoms with Gasteiger partial charge in [-0.25, -0.2) is 0 Å². The number of carbonyl (C=O) groups excluding carboxylic acids is 1. The third kappa shape index (κ3) is 4.78. The molecule has 0 heterocycles. The first kappa shape index (κ1) is 14.0. The summed E-state index contributed by atoms with van der Waals surface area (Å²) in [7, 11) is 0. The summed E-state index contributed by atoms with van der Waals surface area (Å²) in [6.45, 7) is 4.17. The van der Waals surface area contributed by atoms with Crippen LogP contribution in [0.3, 0.4) is 0 Å². The highest BCUT2D eigenvalue weighted by atomic mass is 35.5. The molecule has 1 aromatic rings. The first-order chi connectivity index (χ1) is 8.17. The Morgan fingerprint density at radius 3 is 2.53 bits per heavy atom. The average Bonchev–Trinajstić information content (AvgIpc) is 2.35. The quantitative estimate of drug-likeness (QED) is 0.825. The van der Waals surface area contributed by atoms with Gasteiger partial charge in [0.1, 0.15) is 0 Å². The Kier molecular flexibility index (Phi) is 6.06. The van der Waals surface area contributed by atoms with E-state index < -0.39 is 0 Å². The molecule has 0 unspecified atom stereocenters. The third-order valence-electron chi connectivity index (χ3n) is 2.93. The molecular formula is C14H20ClNO. The predicted molar refractivity (Wildman–Crippen MR) is 72.3 cm³/mol. The third-order valence-corrected chi connectivity index (χ3v) is 3.30. The fourth-order valence-corrected chi connectivity index (χ4v) is 1.97. The van der Waals surface area contributed by atoms with Crippen molar-refractivity contribution in [3.05, 3.63) is 34.9 Å². The lowest BCUT2D eigenvalue weighted by atomic mass is 10.1. The van der Waals surface area contributed by atoms with E-state index in [1.165, 1.54) is 0 Å². The maximum atomic E-state index is 11.7. The van der Waals surface area contributed by atoms with Crippen LogP contribution in [0.4, 0.5) is 0 Å². The number of carbonyl (C=O) groups is 1. The molecule has 2 nitrogen and oxygen atoms in total. The molecule has 1 N–H and O–H groups in total. The summed E-state index contributed by atoms with van der Waals surface area (Å²) in [5, 5.41) is 3.76. The maximum absolute atomic E-state index is 11.7. The largest absolute Gasteiger partial charge is 0.353 e. The van der Waals surface area contributed by atoms with Crippen molar-refractivity contribution in [3.8, 4) is 0 Å². The van der Waals surface area contributed by atoms with Crippen molar-refractivity contribution < 1.29 is 4.79 Å². The molecule has 17 heavy (non-hydrogen) atoms. The molecule has 0 aliphatic rings. The second-order valence-corrected chi connectivity index (χ2v) is 4.58. The number of nitrogens with one attached hydrogen (secondary N) is 1. The Morgan fingerprint density at radius 2 is 1.94 bits per heavy atom. The van der Waals surface area contributed by atoms with Crippen molar-refractivity contribution in [2.45, 2.75) is 45.6 Å². The van der Waals surface area contributed by atoms with Gasteiger partial charge < -0.3 is 5.32 Å². The first-order valence-electron chi connectivity index (χ1n) is 6.20. The number of amides is 1. The van der Waals surface area contributed by atoms with Gasteiger partial charge in [0.05, 0.1) is 0 Å². The van der Waals surface area contributed by atoms with Crippen LogP contribution in [0, 0.1) is 0 Å². The Morgan fingerprint density at radius 1 is 1.29 bits per heavy atom. The van der Waals surface area contributed by atoms with Crippen molar-refractivity contribution in [1.29, 1.82) is 0 Å². The predicted octanol–water partition coefficient (Wildman–Crippen LogP) is 3.58. The summed E-state index contributed by atoms with van der Waals surface area (Å²) in [4.78, 5) is 11.7. The van der Waals surface area contributed by atoms with Gasteiger partial charge in [0, 0.05) is 17.5 Å². The Hall–Kier alpha value is -1.02. The van der Waals surface area contributed by atoms with Gasteiger partial charge in [-0.1, -0.05) is 43.6 Å². The van der Waals surface area contributed by atoms with E-state index in [4.69, 9.17) is 11.6 Å². The Bertz CT molecular complexity index is 361. The summed E-state index contributed by atoms with van der Waals surface area (Å²) in [5.41, 5.74) is 1.04. The van der Waals surface area contributed by atoms with Crippen molar-refractivity contribution in [2.24, 2.45) is 0 Å². The zero-order chi connectivity index (χ0) is 12.7. The van der Waals surface area contributed by atoms with Crippen LogP contribution in [0.25, 0.3) is 0 Å². The minimum absolute atomic E-state index is 0.110. The van der Waals surface area contributed by atoms with E-state index in [2.05, 4.69) is 19.2 Å². The van der Waals surface area contributed by atoms with E-state index in [0.717, 1.165) is 23.4 Å². The van der Waals surface area contributed by atoms with Crippen molar-refractivity contribution in [1.82, 2.24) is 5.32 Å². The number of aryl methyl sites for hydroxylation is 1. The average molecular weight is 254 g/mol. The van der Waals surface area contributed by atoms with E-state index in [1.807, 2.05) is 24.3 Å². The molecule has 3 heteroatoms. The van der Waals surface area contributed by atoms with Crippen LogP contribution in [0.1, 0.15) is 38.7 Å². The lowest BCUT2D eigenvalue weighted by Gasteiger charge is -2.14. The summed E-state index contributed by atoms with van der Waals surface area (Å²) in [5.74, 6) is 0.110. The molecule has 0 aliphatic carbocycles. The second kappa shape index (κ2) is 7.33. The van der Waals surface area contributed by atoms with E-state index >= 15 is 0 Å². The summed E-state index contributed by atoms with van der Waals surface area (Å²) in [6, 6.07) is 7.96. The van der Waals surface area contributed by atoms with E-state index in [9.17, 15) is 4.79 Å². The van der Waals surface area contributed by atoms with Gasteiger partial charge in [0.25, 0.3) is 0 Å². The molecule has 1 aromatic carbocycles. The number of hydrogen-bond acceptors (Lipinski definition) is 1. The normalized spacial score (nSPS) is 10.6. The van der Waals surface area contributed by atoms with E-state index in [1.54, 1.807) is 0 Å². The Balaban J connectivity index is 2.41. The van der Waals surface area contributed by atoms with Gasteiger partial charge in [-0.3, -0.25) is 4.79 Å². The molecule has 0 bridgehead atoms. The number of benzene rings is 1. The van der Waals surface area contributed by atoms with Gasteiger partial charge in [-0.2, -0.15) is 0 Å². The van der Waals surface area contributed by atoms with Crippen LogP contribution < -0.4 is 5.32 Å². The monoisotopic (exact) mass is 253 g/mol. The minimum Gasteiger partial charge on any atom is -0.353 e. The molecule has 1 amide bonds. The Labute approximate surface area is 108 Å². The molecule has 0 aromatic heterocycles. The fourth-order valence-electron chi connectivity index (χ4n) is 1.74. The van der Waals surface area contributed by atoms with Gasteiger partial charge in [0.2, 0.25) is 5.91 Å². The smallest absolute Gasteiger partial charge is 0.220 e. The molecule has 0 radical (unpaired) electrons. The van der Waals surface area contributed by atoms with E-state index in [0.29, 0.717) is 18.9 Å². The number of halogens is 1. The van der Waals surface area contributed by atoms with Crippen molar-refractivity contribution in [3.63, 3.8) is 0 Å². The number of rotatable bonds is 6. The molecule has 0 saturated carbocycles. The highest BCUT2D eigenvalue weighted by Gasteiger charge is 2.09. The maximum Gasteiger partial charge on any atom is 0.220 e. The zero-order valence-corrected chi connectivity index (χ0v) is 11.3. The first-order valence-corrected chi connectivity index (χ1v) is 6.57. The van der Waals surface area contributed by atoms with Crippen molar-refractivity contribution >= 4 is 17.5 Å². The topological polar surface area (TPSA) is 29.1 Å². The van der Waals surface area contributed by atoms with Crippen LogP contribution in [0.5, 0.6) is 0 Å². The van der Waals surface area contributed by atoms with Gasteiger partial charge in [-0.15, -0.1) is 0 Å². The zero-order valence-electron chi connectivity index (χ0n) is 10.5. The molecule has 1 rings (SSSR count). The van der Waals surface area contributed by atoms with Crippen LogP contribution in [0.2, 0.25) is 5.02 Å². The van der Waals surface area contributed by atoms with Gasteiger partial charge >= 0.3 is 0 Å². The summed E-state index contributed by atoms with van der Waals surface area (Å²) >= 11 is 6.04. The standard InChI is InChI=1S/C14H20ClNO/c1-3-12(4-2)16-14(17)10-9-11-7-5-6-8-13(11)15/h5-8,12H,3-4,9-10H2,1-2H3,(H,16,17). The van der Waals surface area contributed by atoms with Crippen LogP contribution >= 0.6 is 11.6 Å². The molecule has 0 aliphatic heterocycles. The fraction of sp³-hybridized carbons (Fsp3) is 0.500. The van der Waals surface area contributed by atoms with E-state index in [-0.39, 0.29) is 5.91 Å². The summed E-state index contributed by atoms with van der Waals surface area (Å²) < 4.78 is 0. The van der Waals surface area contributed by atoms with Gasteiger partial charge in [0.15, 0.2) is 0 Å².